The topological polar surface area (TPSA) is 122 Å². The van der Waals surface area contributed by atoms with Crippen LogP contribution in [-0.4, -0.2) is 62.5 Å². The first-order chi connectivity index (χ1) is 14.5. The molecule has 0 saturated heterocycles. The second kappa shape index (κ2) is 8.15. The molecule has 4 heterocycles. The molecule has 0 aliphatic carbocycles. The molecule has 0 fully saturated rings. The number of fused-ring (bicyclic) bond motifs is 2. The number of hydrogen-bond donors (Lipinski definition) is 2. The minimum Gasteiger partial charge on any atom is -0.469 e. The highest BCUT2D eigenvalue weighted by atomic mass is 35.5. The van der Waals surface area contributed by atoms with Gasteiger partial charge in [0.2, 0.25) is 0 Å². The monoisotopic (exact) mass is 430 g/mol. The van der Waals surface area contributed by atoms with Gasteiger partial charge in [-0.1, -0.05) is 11.6 Å². The first-order valence-electron chi connectivity index (χ1n) is 9.31. The molecule has 1 aliphatic heterocycles. The van der Waals surface area contributed by atoms with Crippen molar-refractivity contribution in [2.24, 2.45) is 0 Å². The molecule has 30 heavy (non-hydrogen) atoms. The summed E-state index contributed by atoms with van der Waals surface area (Å²) in [5.41, 5.74) is 2.72. The molecule has 1 aliphatic rings. The lowest BCUT2D eigenvalue weighted by Gasteiger charge is -2.26. The lowest BCUT2D eigenvalue weighted by atomic mass is 10.0. The van der Waals surface area contributed by atoms with Gasteiger partial charge in [-0.2, -0.15) is 5.10 Å². The van der Waals surface area contributed by atoms with Gasteiger partial charge in [-0.3, -0.25) is 19.5 Å². The van der Waals surface area contributed by atoms with Crippen LogP contribution in [0.1, 0.15) is 38.7 Å². The van der Waals surface area contributed by atoms with Gasteiger partial charge in [0.05, 0.1) is 30.8 Å². The van der Waals surface area contributed by atoms with E-state index in [1.165, 1.54) is 7.11 Å². The zero-order valence-electron chi connectivity index (χ0n) is 16.1. The molecule has 2 N–H and O–H groups in total. The van der Waals surface area contributed by atoms with Gasteiger partial charge in [-0.05, 0) is 18.6 Å². The number of rotatable bonds is 5. The fraction of sp³-hybridized carbons (Fsp3) is 0.316. The van der Waals surface area contributed by atoms with Crippen LogP contribution in [0.3, 0.4) is 0 Å². The SMILES string of the molecule is COC(=O)CCNC(=O)c1n[nH]c2c1CCN(C(=O)c1cn3cc(Cl)ccc3n1)C2. The molecule has 4 rings (SSSR count). The molecular weight excluding hydrogens is 412 g/mol. The number of nitrogens with one attached hydrogen (secondary N) is 2. The maximum Gasteiger partial charge on any atom is 0.307 e. The first kappa shape index (κ1) is 19.9. The number of aromatic amines is 1. The summed E-state index contributed by atoms with van der Waals surface area (Å²) in [5.74, 6) is -0.977. The van der Waals surface area contributed by atoms with E-state index in [4.69, 9.17) is 11.6 Å². The Morgan fingerprint density at radius 2 is 2.13 bits per heavy atom. The zero-order valence-corrected chi connectivity index (χ0v) is 16.9. The summed E-state index contributed by atoms with van der Waals surface area (Å²) in [6.45, 7) is 0.892. The van der Waals surface area contributed by atoms with Gasteiger partial charge in [0, 0.05) is 31.0 Å². The lowest BCUT2D eigenvalue weighted by Crippen LogP contribution is -2.37. The average Bonchev–Trinajstić information content (AvgIpc) is 3.36. The second-order valence-electron chi connectivity index (χ2n) is 6.83. The van der Waals surface area contributed by atoms with Crippen LogP contribution >= 0.6 is 11.6 Å². The number of aromatic nitrogens is 4. The maximum atomic E-state index is 12.9. The third-order valence-electron chi connectivity index (χ3n) is 4.91. The average molecular weight is 431 g/mol. The number of imidazole rings is 1. The summed E-state index contributed by atoms with van der Waals surface area (Å²) >= 11 is 5.98. The fourth-order valence-corrected chi connectivity index (χ4v) is 3.54. The summed E-state index contributed by atoms with van der Waals surface area (Å²) in [4.78, 5) is 42.4. The van der Waals surface area contributed by atoms with Crippen LogP contribution in [0.25, 0.3) is 5.65 Å². The first-order valence-corrected chi connectivity index (χ1v) is 9.68. The molecule has 10 nitrogen and oxygen atoms in total. The number of carbonyl (C=O) groups is 3. The Kier molecular flexibility index (Phi) is 5.40. The molecule has 0 spiro atoms. The van der Waals surface area contributed by atoms with E-state index < -0.39 is 5.97 Å². The number of amides is 2. The number of carbonyl (C=O) groups excluding carboxylic acids is 3. The molecule has 2 amide bonds. The van der Waals surface area contributed by atoms with Crippen molar-refractivity contribution in [2.75, 3.05) is 20.2 Å². The molecule has 0 atom stereocenters. The van der Waals surface area contributed by atoms with E-state index in [1.807, 2.05) is 0 Å². The number of nitrogens with zero attached hydrogens (tertiary/aromatic N) is 4. The van der Waals surface area contributed by atoms with Crippen molar-refractivity contribution in [1.29, 1.82) is 0 Å². The standard InChI is InChI=1S/C19H19ClN6O4/c1-30-16(27)4-6-21-18(28)17-12-5-7-25(9-13(12)23-24-17)19(29)14-10-26-8-11(20)2-3-15(26)22-14/h2-3,8,10H,4-7,9H2,1H3,(H,21,28)(H,23,24). The third-order valence-corrected chi connectivity index (χ3v) is 5.14. The number of pyridine rings is 1. The van der Waals surface area contributed by atoms with Gasteiger partial charge >= 0.3 is 5.97 Å². The van der Waals surface area contributed by atoms with Crippen molar-refractivity contribution in [1.82, 2.24) is 29.8 Å². The highest BCUT2D eigenvalue weighted by Gasteiger charge is 2.29. The minimum absolute atomic E-state index is 0.0847. The van der Waals surface area contributed by atoms with Crippen molar-refractivity contribution < 1.29 is 19.1 Å². The third kappa shape index (κ3) is 3.86. The largest absolute Gasteiger partial charge is 0.469 e. The quantitative estimate of drug-likeness (QED) is 0.586. The van der Waals surface area contributed by atoms with Crippen molar-refractivity contribution >= 4 is 35.0 Å². The van der Waals surface area contributed by atoms with Gasteiger partial charge in [-0.25, -0.2) is 4.98 Å². The summed E-state index contributed by atoms with van der Waals surface area (Å²) < 4.78 is 6.25. The van der Waals surface area contributed by atoms with Crippen LogP contribution < -0.4 is 5.32 Å². The van der Waals surface area contributed by atoms with E-state index in [-0.39, 0.29) is 30.5 Å². The van der Waals surface area contributed by atoms with E-state index in [0.717, 1.165) is 5.56 Å². The molecule has 3 aromatic heterocycles. The molecule has 3 aromatic rings. The van der Waals surface area contributed by atoms with Crippen molar-refractivity contribution in [3.05, 3.63) is 52.2 Å². The van der Waals surface area contributed by atoms with Crippen molar-refractivity contribution in [2.45, 2.75) is 19.4 Å². The highest BCUT2D eigenvalue weighted by Crippen LogP contribution is 2.22. The zero-order chi connectivity index (χ0) is 21.3. The smallest absolute Gasteiger partial charge is 0.307 e. The van der Waals surface area contributed by atoms with Crippen molar-refractivity contribution in [3.8, 4) is 0 Å². The summed E-state index contributed by atoms with van der Waals surface area (Å²) in [5, 5.41) is 10.2. The van der Waals surface area contributed by atoms with Crippen LogP contribution in [0.5, 0.6) is 0 Å². The van der Waals surface area contributed by atoms with Gasteiger partial charge in [0.25, 0.3) is 11.8 Å². The van der Waals surface area contributed by atoms with E-state index >= 15 is 0 Å². The Bertz CT molecular complexity index is 1140. The number of ether oxygens (including phenoxy) is 1. The summed E-state index contributed by atoms with van der Waals surface area (Å²) in [7, 11) is 1.29. The second-order valence-corrected chi connectivity index (χ2v) is 7.26. The van der Waals surface area contributed by atoms with Gasteiger partial charge in [-0.15, -0.1) is 0 Å². The molecule has 0 aromatic carbocycles. The lowest BCUT2D eigenvalue weighted by molar-refractivity contribution is -0.140. The summed E-state index contributed by atoms with van der Waals surface area (Å²) in [6, 6.07) is 3.46. The molecule has 0 radical (unpaired) electrons. The normalized spacial score (nSPS) is 13.2. The van der Waals surface area contributed by atoms with Crippen LogP contribution in [0, 0.1) is 0 Å². The Labute approximate surface area is 176 Å². The number of halogens is 1. The van der Waals surface area contributed by atoms with Crippen LogP contribution in [-0.2, 0) is 22.5 Å². The van der Waals surface area contributed by atoms with Crippen molar-refractivity contribution in [3.63, 3.8) is 0 Å². The highest BCUT2D eigenvalue weighted by molar-refractivity contribution is 6.30. The maximum absolute atomic E-state index is 12.9. The van der Waals surface area contributed by atoms with Crippen LogP contribution in [0.2, 0.25) is 5.02 Å². The van der Waals surface area contributed by atoms with E-state index in [1.54, 1.807) is 33.8 Å². The molecule has 0 unspecified atom stereocenters. The van der Waals surface area contributed by atoms with E-state index in [9.17, 15) is 14.4 Å². The molecule has 0 saturated carbocycles. The Morgan fingerprint density at radius 3 is 2.93 bits per heavy atom. The summed E-state index contributed by atoms with van der Waals surface area (Å²) in [6.07, 6.45) is 3.90. The van der Waals surface area contributed by atoms with E-state index in [2.05, 4.69) is 25.2 Å². The predicted octanol–water partition coefficient (Wildman–Crippen LogP) is 1.20. The molecule has 11 heteroatoms. The number of H-pyrrole nitrogens is 1. The molecule has 156 valence electrons. The van der Waals surface area contributed by atoms with E-state index in [0.29, 0.717) is 41.6 Å². The Hall–Kier alpha value is -3.40. The number of esters is 1. The van der Waals surface area contributed by atoms with Gasteiger partial charge in [0.1, 0.15) is 11.3 Å². The molecular formula is C19H19ClN6O4. The Morgan fingerprint density at radius 1 is 1.30 bits per heavy atom. The molecule has 0 bridgehead atoms. The van der Waals surface area contributed by atoms with Gasteiger partial charge in [0.15, 0.2) is 5.69 Å². The number of methoxy groups -OCH3 is 1. The Balaban J connectivity index is 1.44. The van der Waals surface area contributed by atoms with Crippen LogP contribution in [0.4, 0.5) is 0 Å². The minimum atomic E-state index is -0.400. The van der Waals surface area contributed by atoms with Gasteiger partial charge < -0.3 is 19.4 Å². The van der Waals surface area contributed by atoms with Crippen LogP contribution in [0.15, 0.2) is 24.5 Å². The number of hydrogen-bond acceptors (Lipinski definition) is 6. The predicted molar refractivity (Wildman–Crippen MR) is 106 cm³/mol. The fourth-order valence-electron chi connectivity index (χ4n) is 3.37.